The Morgan fingerprint density at radius 1 is 1.15 bits per heavy atom. The summed E-state index contributed by atoms with van der Waals surface area (Å²) in [5, 5.41) is 2.92. The smallest absolute Gasteiger partial charge is 0.274 e. The van der Waals surface area contributed by atoms with Crippen molar-refractivity contribution in [1.82, 2.24) is 4.98 Å². The summed E-state index contributed by atoms with van der Waals surface area (Å²) in [5.41, 5.74) is 2.08. The molecule has 0 spiro atoms. The van der Waals surface area contributed by atoms with Crippen molar-refractivity contribution in [3.05, 3.63) is 48.3 Å². The Kier molecular flexibility index (Phi) is 7.45. The molecule has 0 radical (unpaired) electrons. The highest BCUT2D eigenvalue weighted by atomic mass is 16.5. The first kappa shape index (κ1) is 19.8. The molecule has 0 aliphatic heterocycles. The Morgan fingerprint density at radius 3 is 2.50 bits per heavy atom. The highest BCUT2D eigenvalue weighted by Crippen LogP contribution is 2.25. The zero-order chi connectivity index (χ0) is 18.9. The molecule has 0 aliphatic rings. The fourth-order valence-corrected chi connectivity index (χ4v) is 2.76. The molecule has 1 heterocycles. The second-order valence-electron chi connectivity index (χ2n) is 6.50. The number of nitrogens with one attached hydrogen (secondary N) is 1. The number of ether oxygens (including phenoxy) is 1. The van der Waals surface area contributed by atoms with Crippen LogP contribution >= 0.6 is 0 Å². The van der Waals surface area contributed by atoms with E-state index >= 15 is 0 Å². The third kappa shape index (κ3) is 5.48. The molecule has 0 bridgehead atoms. The van der Waals surface area contributed by atoms with Crippen LogP contribution in [0, 0.1) is 0 Å². The van der Waals surface area contributed by atoms with Gasteiger partial charge < -0.3 is 15.0 Å². The van der Waals surface area contributed by atoms with Gasteiger partial charge in [-0.05, 0) is 51.0 Å². The van der Waals surface area contributed by atoms with Gasteiger partial charge in [0.25, 0.3) is 5.91 Å². The highest BCUT2D eigenvalue weighted by Gasteiger charge is 2.14. The van der Waals surface area contributed by atoms with Gasteiger partial charge in [0.1, 0.15) is 11.4 Å². The van der Waals surface area contributed by atoms with E-state index in [0.29, 0.717) is 17.1 Å². The van der Waals surface area contributed by atoms with E-state index < -0.39 is 0 Å². The van der Waals surface area contributed by atoms with Gasteiger partial charge >= 0.3 is 0 Å². The van der Waals surface area contributed by atoms with Crippen molar-refractivity contribution in [3.63, 3.8) is 0 Å². The third-order valence-corrected chi connectivity index (χ3v) is 3.83. The number of amides is 1. The van der Waals surface area contributed by atoms with Gasteiger partial charge in [-0.25, -0.2) is 0 Å². The van der Waals surface area contributed by atoms with Crippen LogP contribution in [0.25, 0.3) is 0 Å². The number of rotatable bonds is 9. The minimum absolute atomic E-state index is 0.0335. The van der Waals surface area contributed by atoms with E-state index in [4.69, 9.17) is 4.74 Å². The van der Waals surface area contributed by atoms with E-state index in [-0.39, 0.29) is 12.0 Å². The van der Waals surface area contributed by atoms with E-state index in [1.165, 1.54) is 0 Å². The number of anilines is 2. The van der Waals surface area contributed by atoms with Gasteiger partial charge in [0, 0.05) is 25.0 Å². The molecule has 26 heavy (non-hydrogen) atoms. The summed E-state index contributed by atoms with van der Waals surface area (Å²) in [6.45, 7) is 10.2. The number of pyridine rings is 1. The number of aromatic nitrogens is 1. The minimum atomic E-state index is -0.236. The Labute approximate surface area is 156 Å². The SMILES string of the molecule is CCCN(CCC)c1ccnc(C(=O)Nc2ccccc2OC(C)C)c1. The second kappa shape index (κ2) is 9.80. The second-order valence-corrected chi connectivity index (χ2v) is 6.50. The molecule has 5 heteroatoms. The normalized spacial score (nSPS) is 10.7. The first-order valence-corrected chi connectivity index (χ1v) is 9.33. The Hall–Kier alpha value is -2.56. The molecule has 0 aliphatic carbocycles. The molecule has 1 N–H and O–H groups in total. The maximum atomic E-state index is 12.7. The lowest BCUT2D eigenvalue weighted by Crippen LogP contribution is -2.25. The summed E-state index contributed by atoms with van der Waals surface area (Å²) in [6, 6.07) is 11.3. The molecule has 5 nitrogen and oxygen atoms in total. The number of benzene rings is 1. The number of para-hydroxylation sites is 2. The number of nitrogens with zero attached hydrogens (tertiary/aromatic N) is 2. The molecule has 1 aromatic carbocycles. The number of carbonyl (C=O) groups is 1. The van der Waals surface area contributed by atoms with E-state index in [1.54, 1.807) is 6.20 Å². The molecule has 0 unspecified atom stereocenters. The van der Waals surface area contributed by atoms with E-state index in [9.17, 15) is 4.79 Å². The molecule has 2 rings (SSSR count). The highest BCUT2D eigenvalue weighted by molar-refractivity contribution is 6.04. The Bertz CT molecular complexity index is 710. The molecule has 140 valence electrons. The summed E-state index contributed by atoms with van der Waals surface area (Å²) < 4.78 is 5.76. The van der Waals surface area contributed by atoms with Crippen molar-refractivity contribution in [1.29, 1.82) is 0 Å². The fraction of sp³-hybridized carbons (Fsp3) is 0.429. The lowest BCUT2D eigenvalue weighted by Gasteiger charge is -2.24. The Morgan fingerprint density at radius 2 is 1.85 bits per heavy atom. The van der Waals surface area contributed by atoms with Crippen LogP contribution in [-0.4, -0.2) is 30.1 Å². The van der Waals surface area contributed by atoms with Gasteiger partial charge in [-0.15, -0.1) is 0 Å². The van der Waals surface area contributed by atoms with Crippen LogP contribution in [0.2, 0.25) is 0 Å². The third-order valence-electron chi connectivity index (χ3n) is 3.83. The zero-order valence-electron chi connectivity index (χ0n) is 16.2. The van der Waals surface area contributed by atoms with Gasteiger partial charge in [0.15, 0.2) is 0 Å². The van der Waals surface area contributed by atoms with E-state index in [2.05, 4.69) is 29.0 Å². The fourth-order valence-electron chi connectivity index (χ4n) is 2.76. The van der Waals surface area contributed by atoms with Gasteiger partial charge in [-0.2, -0.15) is 0 Å². The van der Waals surface area contributed by atoms with Crippen LogP contribution in [-0.2, 0) is 0 Å². The Balaban J connectivity index is 2.19. The summed E-state index contributed by atoms with van der Waals surface area (Å²) in [6.07, 6.45) is 3.85. The summed E-state index contributed by atoms with van der Waals surface area (Å²) in [5.74, 6) is 0.421. The molecule has 1 amide bonds. The monoisotopic (exact) mass is 355 g/mol. The lowest BCUT2D eigenvalue weighted by atomic mass is 10.2. The van der Waals surface area contributed by atoms with Crippen molar-refractivity contribution in [3.8, 4) is 5.75 Å². The van der Waals surface area contributed by atoms with Crippen LogP contribution in [0.4, 0.5) is 11.4 Å². The standard InChI is InChI=1S/C21H29N3O2/c1-5-13-24(14-6-2)17-11-12-22-19(15-17)21(25)23-18-9-7-8-10-20(18)26-16(3)4/h7-12,15-16H,5-6,13-14H2,1-4H3,(H,23,25). The first-order valence-electron chi connectivity index (χ1n) is 9.33. The number of carbonyl (C=O) groups excluding carboxylic acids is 1. The van der Waals surface area contributed by atoms with Crippen molar-refractivity contribution in [2.45, 2.75) is 46.6 Å². The van der Waals surface area contributed by atoms with Crippen LogP contribution in [0.15, 0.2) is 42.6 Å². The zero-order valence-corrected chi connectivity index (χ0v) is 16.2. The van der Waals surface area contributed by atoms with E-state index in [1.807, 2.05) is 50.2 Å². The molecule has 0 saturated carbocycles. The average molecular weight is 355 g/mol. The van der Waals surface area contributed by atoms with Crippen LogP contribution < -0.4 is 15.0 Å². The number of hydrogen-bond donors (Lipinski definition) is 1. The maximum absolute atomic E-state index is 12.7. The topological polar surface area (TPSA) is 54.5 Å². The van der Waals surface area contributed by atoms with Crippen molar-refractivity contribution in [2.75, 3.05) is 23.3 Å². The summed E-state index contributed by atoms with van der Waals surface area (Å²) >= 11 is 0. The van der Waals surface area contributed by atoms with Gasteiger partial charge in [-0.3, -0.25) is 9.78 Å². The molecule has 2 aromatic rings. The molecule has 0 fully saturated rings. The van der Waals surface area contributed by atoms with Crippen molar-refractivity contribution < 1.29 is 9.53 Å². The minimum Gasteiger partial charge on any atom is -0.489 e. The van der Waals surface area contributed by atoms with Crippen molar-refractivity contribution in [2.24, 2.45) is 0 Å². The average Bonchev–Trinajstić information content (AvgIpc) is 2.63. The largest absolute Gasteiger partial charge is 0.489 e. The van der Waals surface area contributed by atoms with Gasteiger partial charge in [-0.1, -0.05) is 26.0 Å². The molecule has 0 atom stereocenters. The van der Waals surface area contributed by atoms with E-state index in [0.717, 1.165) is 31.6 Å². The quantitative estimate of drug-likeness (QED) is 0.705. The molecular formula is C21H29N3O2. The first-order chi connectivity index (χ1) is 12.5. The lowest BCUT2D eigenvalue weighted by molar-refractivity contribution is 0.102. The van der Waals surface area contributed by atoms with Crippen LogP contribution in [0.5, 0.6) is 5.75 Å². The number of hydrogen-bond acceptors (Lipinski definition) is 4. The summed E-state index contributed by atoms with van der Waals surface area (Å²) in [4.78, 5) is 19.2. The predicted molar refractivity (Wildman–Crippen MR) is 107 cm³/mol. The molecular weight excluding hydrogens is 326 g/mol. The van der Waals surface area contributed by atoms with Gasteiger partial charge in [0.2, 0.25) is 0 Å². The van der Waals surface area contributed by atoms with Gasteiger partial charge in [0.05, 0.1) is 11.8 Å². The predicted octanol–water partition coefficient (Wildman–Crippen LogP) is 4.75. The summed E-state index contributed by atoms with van der Waals surface area (Å²) in [7, 11) is 0. The molecule has 1 aromatic heterocycles. The van der Waals surface area contributed by atoms with Crippen LogP contribution in [0.3, 0.4) is 0 Å². The van der Waals surface area contributed by atoms with Crippen LogP contribution in [0.1, 0.15) is 51.0 Å². The van der Waals surface area contributed by atoms with Crippen molar-refractivity contribution >= 4 is 17.3 Å². The maximum Gasteiger partial charge on any atom is 0.274 e. The molecule has 0 saturated heterocycles.